The molecule has 1 aromatic carbocycles. The number of amides is 1. The predicted octanol–water partition coefficient (Wildman–Crippen LogP) is 2.88. The van der Waals surface area contributed by atoms with Crippen molar-refractivity contribution in [2.24, 2.45) is 0 Å². The Bertz CT molecular complexity index is 996. The summed E-state index contributed by atoms with van der Waals surface area (Å²) in [6, 6.07) is 10.5. The molecule has 0 unspecified atom stereocenters. The SMILES string of the molecule is O=C(NCC(F)(F)F)c1cc(C2CCN(S(=O)(=O)C=Cc3ccccc3)CC2)[nH]n1. The van der Waals surface area contributed by atoms with E-state index in [0.717, 1.165) is 5.56 Å². The van der Waals surface area contributed by atoms with E-state index in [9.17, 15) is 26.4 Å². The number of piperidine rings is 1. The summed E-state index contributed by atoms with van der Waals surface area (Å²) in [5.41, 5.74) is 1.25. The van der Waals surface area contributed by atoms with Crippen LogP contribution in [0.2, 0.25) is 0 Å². The van der Waals surface area contributed by atoms with Crippen molar-refractivity contribution in [3.63, 3.8) is 0 Å². The van der Waals surface area contributed by atoms with Gasteiger partial charge in [0, 0.05) is 30.1 Å². The average molecular weight is 442 g/mol. The van der Waals surface area contributed by atoms with Gasteiger partial charge in [-0.15, -0.1) is 0 Å². The highest BCUT2D eigenvalue weighted by Gasteiger charge is 2.30. The van der Waals surface area contributed by atoms with E-state index >= 15 is 0 Å². The highest BCUT2D eigenvalue weighted by Crippen LogP contribution is 2.28. The van der Waals surface area contributed by atoms with E-state index in [1.54, 1.807) is 23.5 Å². The van der Waals surface area contributed by atoms with Crippen molar-refractivity contribution in [2.75, 3.05) is 19.6 Å². The van der Waals surface area contributed by atoms with Crippen LogP contribution in [0, 0.1) is 0 Å². The number of hydrogen-bond donors (Lipinski definition) is 2. The molecule has 1 amide bonds. The lowest BCUT2D eigenvalue weighted by molar-refractivity contribution is -0.123. The fourth-order valence-electron chi connectivity index (χ4n) is 3.17. The minimum atomic E-state index is -4.50. The molecule has 2 heterocycles. The number of rotatable bonds is 6. The van der Waals surface area contributed by atoms with Crippen LogP contribution in [0.15, 0.2) is 41.8 Å². The molecule has 2 aromatic rings. The Hall–Kier alpha value is -2.66. The largest absolute Gasteiger partial charge is 0.405 e. The minimum Gasteiger partial charge on any atom is -0.342 e. The Morgan fingerprint density at radius 2 is 1.90 bits per heavy atom. The van der Waals surface area contributed by atoms with Crippen LogP contribution in [0.25, 0.3) is 6.08 Å². The standard InChI is InChI=1S/C19H21F3N4O3S/c20-19(21,22)13-23-18(27)17-12-16(24-25-17)15-6-9-26(10-7-15)30(28,29)11-8-14-4-2-1-3-5-14/h1-5,8,11-12,15H,6-7,9-10,13H2,(H,23,27)(H,24,25). The van der Waals surface area contributed by atoms with Gasteiger partial charge in [0.25, 0.3) is 5.91 Å². The molecule has 0 bridgehead atoms. The molecule has 0 spiro atoms. The first-order chi connectivity index (χ1) is 14.1. The summed E-state index contributed by atoms with van der Waals surface area (Å²) in [7, 11) is -3.56. The number of carbonyl (C=O) groups is 1. The van der Waals surface area contributed by atoms with Gasteiger partial charge in [-0.2, -0.15) is 22.6 Å². The quantitative estimate of drug-likeness (QED) is 0.719. The molecular formula is C19H21F3N4O3S. The van der Waals surface area contributed by atoms with Gasteiger partial charge in [0.15, 0.2) is 0 Å². The normalized spacial score (nSPS) is 16.8. The average Bonchev–Trinajstić information content (AvgIpc) is 3.21. The Morgan fingerprint density at radius 3 is 2.53 bits per heavy atom. The lowest BCUT2D eigenvalue weighted by Gasteiger charge is -2.29. The molecule has 0 saturated carbocycles. The molecule has 1 fully saturated rings. The molecule has 0 aliphatic carbocycles. The number of hydrogen-bond acceptors (Lipinski definition) is 4. The van der Waals surface area contributed by atoms with E-state index < -0.39 is 28.7 Å². The molecule has 7 nitrogen and oxygen atoms in total. The first-order valence-corrected chi connectivity index (χ1v) is 10.8. The van der Waals surface area contributed by atoms with E-state index in [1.165, 1.54) is 15.8 Å². The lowest BCUT2D eigenvalue weighted by atomic mass is 9.94. The van der Waals surface area contributed by atoms with Crippen molar-refractivity contribution in [3.05, 3.63) is 58.8 Å². The number of halogens is 3. The summed E-state index contributed by atoms with van der Waals surface area (Å²) < 4.78 is 63.1. The van der Waals surface area contributed by atoms with Gasteiger partial charge in [0.05, 0.1) is 0 Å². The van der Waals surface area contributed by atoms with E-state index in [1.807, 2.05) is 18.2 Å². The zero-order valence-corrected chi connectivity index (χ0v) is 16.7. The predicted molar refractivity (Wildman–Crippen MR) is 105 cm³/mol. The van der Waals surface area contributed by atoms with Gasteiger partial charge in [0.1, 0.15) is 12.2 Å². The molecule has 3 rings (SSSR count). The van der Waals surface area contributed by atoms with Crippen LogP contribution >= 0.6 is 0 Å². The second-order valence-electron chi connectivity index (χ2n) is 6.94. The van der Waals surface area contributed by atoms with E-state index in [2.05, 4.69) is 10.2 Å². The van der Waals surface area contributed by atoms with Crippen molar-refractivity contribution in [1.29, 1.82) is 0 Å². The van der Waals surface area contributed by atoms with Gasteiger partial charge < -0.3 is 5.32 Å². The number of nitrogens with zero attached hydrogens (tertiary/aromatic N) is 2. The molecule has 1 aliphatic rings. The molecule has 162 valence electrons. The monoisotopic (exact) mass is 442 g/mol. The lowest BCUT2D eigenvalue weighted by Crippen LogP contribution is -2.36. The molecule has 30 heavy (non-hydrogen) atoms. The summed E-state index contributed by atoms with van der Waals surface area (Å²) in [6.07, 6.45) is -1.95. The maximum Gasteiger partial charge on any atom is 0.405 e. The van der Waals surface area contributed by atoms with Crippen LogP contribution < -0.4 is 5.32 Å². The smallest absolute Gasteiger partial charge is 0.342 e. The second-order valence-corrected chi connectivity index (χ2v) is 8.76. The third-order valence-corrected chi connectivity index (χ3v) is 6.33. The molecule has 1 saturated heterocycles. The van der Waals surface area contributed by atoms with Crippen LogP contribution in [-0.2, 0) is 10.0 Å². The van der Waals surface area contributed by atoms with Gasteiger partial charge >= 0.3 is 6.18 Å². The van der Waals surface area contributed by atoms with Gasteiger partial charge in [0.2, 0.25) is 10.0 Å². The van der Waals surface area contributed by atoms with E-state index in [4.69, 9.17) is 0 Å². The fraction of sp³-hybridized carbons (Fsp3) is 0.368. The summed E-state index contributed by atoms with van der Waals surface area (Å²) in [5.74, 6) is -0.980. The van der Waals surface area contributed by atoms with Gasteiger partial charge in [-0.25, -0.2) is 8.42 Å². The topological polar surface area (TPSA) is 95.2 Å². The maximum atomic E-state index is 12.5. The number of aromatic nitrogens is 2. The van der Waals surface area contributed by atoms with E-state index in [0.29, 0.717) is 31.6 Å². The number of aromatic amines is 1. The third-order valence-electron chi connectivity index (χ3n) is 4.77. The molecule has 0 radical (unpaired) electrons. The maximum absolute atomic E-state index is 12.5. The minimum absolute atomic E-state index is 0.0637. The molecule has 1 aliphatic heterocycles. The molecular weight excluding hydrogens is 421 g/mol. The summed E-state index contributed by atoms with van der Waals surface area (Å²) in [6.45, 7) is -0.845. The number of alkyl halides is 3. The molecule has 1 aromatic heterocycles. The van der Waals surface area contributed by atoms with Crippen LogP contribution in [0.3, 0.4) is 0 Å². The van der Waals surface area contributed by atoms with Crippen molar-refractivity contribution < 1.29 is 26.4 Å². The van der Waals surface area contributed by atoms with Crippen LogP contribution in [0.5, 0.6) is 0 Å². The second kappa shape index (κ2) is 9.00. The summed E-state index contributed by atoms with van der Waals surface area (Å²) in [5, 5.41) is 9.41. The van der Waals surface area contributed by atoms with E-state index in [-0.39, 0.29) is 11.6 Å². The Labute approximate surface area is 172 Å². The number of carbonyl (C=O) groups excluding carboxylic acids is 1. The summed E-state index contributed by atoms with van der Waals surface area (Å²) >= 11 is 0. The Balaban J connectivity index is 1.56. The van der Waals surface area contributed by atoms with Crippen LogP contribution in [-0.4, -0.2) is 54.6 Å². The third kappa shape index (κ3) is 5.92. The number of H-pyrrole nitrogens is 1. The molecule has 0 atom stereocenters. The van der Waals surface area contributed by atoms with Crippen molar-refractivity contribution >= 4 is 22.0 Å². The molecule has 11 heteroatoms. The zero-order valence-electron chi connectivity index (χ0n) is 15.9. The summed E-state index contributed by atoms with van der Waals surface area (Å²) in [4.78, 5) is 11.8. The highest BCUT2D eigenvalue weighted by atomic mass is 32.2. The van der Waals surface area contributed by atoms with Crippen molar-refractivity contribution in [1.82, 2.24) is 19.8 Å². The molecule has 2 N–H and O–H groups in total. The Kier molecular flexibility index (Phi) is 6.61. The zero-order chi connectivity index (χ0) is 21.8. The number of benzene rings is 1. The number of nitrogens with one attached hydrogen (secondary N) is 2. The van der Waals surface area contributed by atoms with Gasteiger partial charge in [-0.1, -0.05) is 30.3 Å². The van der Waals surface area contributed by atoms with Gasteiger partial charge in [-0.05, 0) is 30.5 Å². The first kappa shape index (κ1) is 22.0. The van der Waals surface area contributed by atoms with Crippen LogP contribution in [0.1, 0.15) is 40.5 Å². The van der Waals surface area contributed by atoms with Crippen molar-refractivity contribution in [3.8, 4) is 0 Å². The fourth-order valence-corrected chi connectivity index (χ4v) is 4.39. The first-order valence-electron chi connectivity index (χ1n) is 9.27. The Morgan fingerprint density at radius 1 is 1.23 bits per heavy atom. The van der Waals surface area contributed by atoms with Gasteiger partial charge in [-0.3, -0.25) is 9.89 Å². The van der Waals surface area contributed by atoms with Crippen LogP contribution in [0.4, 0.5) is 13.2 Å². The number of sulfonamides is 1. The van der Waals surface area contributed by atoms with Crippen molar-refractivity contribution in [2.45, 2.75) is 24.9 Å². The highest BCUT2D eigenvalue weighted by molar-refractivity contribution is 7.92.